The van der Waals surface area contributed by atoms with Gasteiger partial charge in [-0.15, -0.1) is 0 Å². The minimum absolute atomic E-state index is 0.0672. The number of nitrogens with one attached hydrogen (secondary N) is 1. The molecule has 1 aliphatic rings. The first kappa shape index (κ1) is 21.4. The molecule has 0 spiro atoms. The van der Waals surface area contributed by atoms with Crippen molar-refractivity contribution in [1.82, 2.24) is 9.55 Å². The molecule has 156 valence electrons. The first-order valence-electron chi connectivity index (χ1n) is 8.79. The lowest BCUT2D eigenvalue weighted by Crippen LogP contribution is -2.37. The molecule has 0 fully saturated rings. The predicted molar refractivity (Wildman–Crippen MR) is 101 cm³/mol. The van der Waals surface area contributed by atoms with Gasteiger partial charge in [-0.25, -0.2) is 9.37 Å². The quantitative estimate of drug-likeness (QED) is 0.578. The Bertz CT molecular complexity index is 1010. The van der Waals surface area contributed by atoms with E-state index in [4.69, 9.17) is 0 Å². The molecule has 10 heteroatoms. The summed E-state index contributed by atoms with van der Waals surface area (Å²) in [6, 6.07) is 3.71. The van der Waals surface area contributed by atoms with Gasteiger partial charge < -0.3 is 5.32 Å². The van der Waals surface area contributed by atoms with E-state index in [9.17, 15) is 27.2 Å². The lowest BCUT2D eigenvalue weighted by Gasteiger charge is -2.26. The molecule has 29 heavy (non-hydrogen) atoms. The molecule has 1 aliphatic heterocycles. The third-order valence-corrected chi connectivity index (χ3v) is 5.61. The minimum atomic E-state index is -4.87. The van der Waals surface area contributed by atoms with Gasteiger partial charge in [-0.2, -0.15) is 13.2 Å². The molecule has 1 amide bonds. The normalized spacial score (nSPS) is 17.0. The number of nitrogens with zero attached hydrogens (tertiary/aromatic N) is 2. The molecule has 1 aromatic carbocycles. The Balaban J connectivity index is 1.79. The number of benzene rings is 1. The van der Waals surface area contributed by atoms with Gasteiger partial charge >= 0.3 is 6.18 Å². The van der Waals surface area contributed by atoms with E-state index in [1.54, 1.807) is 0 Å². The Labute approximate surface area is 168 Å². The number of carbonyl (C=O) groups is 1. The van der Waals surface area contributed by atoms with Crippen LogP contribution < -0.4 is 10.9 Å². The summed E-state index contributed by atoms with van der Waals surface area (Å²) in [4.78, 5) is 29.5. The predicted octanol–water partition coefficient (Wildman–Crippen LogP) is 4.06. The van der Waals surface area contributed by atoms with E-state index in [-0.39, 0.29) is 23.2 Å². The van der Waals surface area contributed by atoms with Gasteiger partial charge in [0.25, 0.3) is 5.56 Å². The molecule has 3 rings (SSSR count). The fourth-order valence-corrected chi connectivity index (χ4v) is 3.91. The van der Waals surface area contributed by atoms with E-state index in [2.05, 4.69) is 10.3 Å². The lowest BCUT2D eigenvalue weighted by molar-refractivity contribution is -0.140. The van der Waals surface area contributed by atoms with Gasteiger partial charge in [0.2, 0.25) is 5.91 Å². The van der Waals surface area contributed by atoms with Gasteiger partial charge in [0.1, 0.15) is 5.82 Å². The third kappa shape index (κ3) is 4.63. The van der Waals surface area contributed by atoms with Crippen molar-refractivity contribution < 1.29 is 22.4 Å². The van der Waals surface area contributed by atoms with Crippen LogP contribution in [0.2, 0.25) is 0 Å². The number of hydrogen-bond donors (Lipinski definition) is 1. The van der Waals surface area contributed by atoms with Crippen LogP contribution in [0, 0.1) is 11.7 Å². The number of thioether (sulfide) groups is 1. The van der Waals surface area contributed by atoms with Gasteiger partial charge in [0.15, 0.2) is 5.16 Å². The molecule has 2 heterocycles. The molecule has 0 saturated heterocycles. The molecule has 1 atom stereocenters. The van der Waals surface area contributed by atoms with Crippen LogP contribution in [0.25, 0.3) is 0 Å². The number of anilines is 1. The molecular formula is C19H19F4N3O2S. The average Bonchev–Trinajstić information content (AvgIpc) is 2.61. The first-order valence-corrected chi connectivity index (χ1v) is 9.77. The Morgan fingerprint density at radius 2 is 1.93 bits per heavy atom. The van der Waals surface area contributed by atoms with Crippen LogP contribution >= 0.6 is 11.8 Å². The third-order valence-electron chi connectivity index (χ3n) is 4.47. The second kappa shape index (κ2) is 7.47. The monoisotopic (exact) mass is 429 g/mol. The van der Waals surface area contributed by atoms with Gasteiger partial charge in [-0.05, 0) is 18.2 Å². The number of carbonyl (C=O) groups excluding carboxylic acids is 1. The van der Waals surface area contributed by atoms with Crippen LogP contribution in [0.3, 0.4) is 0 Å². The van der Waals surface area contributed by atoms with E-state index in [1.807, 2.05) is 20.8 Å². The highest BCUT2D eigenvalue weighted by atomic mass is 32.2. The van der Waals surface area contributed by atoms with Crippen molar-refractivity contribution in [2.75, 3.05) is 11.1 Å². The number of alkyl halides is 3. The van der Waals surface area contributed by atoms with E-state index in [0.717, 1.165) is 6.07 Å². The van der Waals surface area contributed by atoms with Gasteiger partial charge in [0, 0.05) is 29.5 Å². The largest absolute Gasteiger partial charge is 0.419 e. The molecule has 0 aliphatic carbocycles. The summed E-state index contributed by atoms with van der Waals surface area (Å²) in [6.45, 7) is 5.88. The number of hydrogen-bond acceptors (Lipinski definition) is 4. The average molecular weight is 429 g/mol. The maximum absolute atomic E-state index is 13.4. The van der Waals surface area contributed by atoms with Crippen LogP contribution in [-0.4, -0.2) is 21.2 Å². The number of amides is 1. The molecule has 0 radical (unpaired) electrons. The summed E-state index contributed by atoms with van der Waals surface area (Å²) in [5.41, 5.74) is -1.55. The molecule has 1 unspecified atom stereocenters. The van der Waals surface area contributed by atoms with Crippen LogP contribution in [0.5, 0.6) is 0 Å². The van der Waals surface area contributed by atoms with Crippen molar-refractivity contribution in [2.24, 2.45) is 5.92 Å². The highest BCUT2D eigenvalue weighted by Crippen LogP contribution is 2.33. The van der Waals surface area contributed by atoms with Crippen molar-refractivity contribution in [3.8, 4) is 0 Å². The zero-order valence-corrected chi connectivity index (χ0v) is 16.7. The van der Waals surface area contributed by atoms with Crippen LogP contribution in [0.1, 0.15) is 32.0 Å². The van der Waals surface area contributed by atoms with Crippen LogP contribution in [-0.2, 0) is 22.9 Å². The van der Waals surface area contributed by atoms with E-state index in [0.29, 0.717) is 28.7 Å². The second-order valence-electron chi connectivity index (χ2n) is 7.81. The van der Waals surface area contributed by atoms with E-state index >= 15 is 0 Å². The topological polar surface area (TPSA) is 64.0 Å². The Hall–Kier alpha value is -2.36. The molecule has 1 aromatic heterocycles. The van der Waals surface area contributed by atoms with Crippen LogP contribution in [0.4, 0.5) is 23.2 Å². The molecular weight excluding hydrogens is 410 g/mol. The minimum Gasteiger partial charge on any atom is -0.326 e. The standard InChI is InChI=1S/C19H19F4N3O2S/c1-18(2,3)14-7-15(27)26-8-10(9-29-17(26)25-14)16(28)24-11-4-5-13(20)12(6-11)19(21,22)23/h4-7,10H,8-9H2,1-3H3,(H,24,28). The van der Waals surface area contributed by atoms with Crippen molar-refractivity contribution in [1.29, 1.82) is 0 Å². The summed E-state index contributed by atoms with van der Waals surface area (Å²) in [7, 11) is 0. The fraction of sp³-hybridized carbons (Fsp3) is 0.421. The summed E-state index contributed by atoms with van der Waals surface area (Å²) >= 11 is 1.24. The Kier molecular flexibility index (Phi) is 5.50. The maximum atomic E-state index is 13.4. The summed E-state index contributed by atoms with van der Waals surface area (Å²) < 4.78 is 53.3. The van der Waals surface area contributed by atoms with Crippen molar-refractivity contribution in [3.05, 3.63) is 51.7 Å². The fourth-order valence-electron chi connectivity index (χ4n) is 2.82. The van der Waals surface area contributed by atoms with Crippen LogP contribution in [0.15, 0.2) is 34.2 Å². The zero-order valence-electron chi connectivity index (χ0n) is 15.9. The second-order valence-corrected chi connectivity index (χ2v) is 8.80. The molecule has 0 bridgehead atoms. The lowest BCUT2D eigenvalue weighted by atomic mass is 9.92. The summed E-state index contributed by atoms with van der Waals surface area (Å²) in [6.07, 6.45) is -4.87. The van der Waals surface area contributed by atoms with Crippen molar-refractivity contribution in [2.45, 2.75) is 44.1 Å². The highest BCUT2D eigenvalue weighted by Gasteiger charge is 2.35. The van der Waals surface area contributed by atoms with E-state index in [1.165, 1.54) is 22.4 Å². The molecule has 1 N–H and O–H groups in total. The first-order chi connectivity index (χ1) is 13.4. The molecule has 5 nitrogen and oxygen atoms in total. The summed E-state index contributed by atoms with van der Waals surface area (Å²) in [5, 5.41) is 2.89. The summed E-state index contributed by atoms with van der Waals surface area (Å²) in [5.74, 6) is -2.29. The smallest absolute Gasteiger partial charge is 0.326 e. The van der Waals surface area contributed by atoms with Gasteiger partial charge in [-0.1, -0.05) is 32.5 Å². The van der Waals surface area contributed by atoms with Crippen molar-refractivity contribution >= 4 is 23.4 Å². The number of fused-ring (bicyclic) bond motifs is 1. The zero-order chi connectivity index (χ0) is 21.6. The number of halogens is 4. The Morgan fingerprint density at radius 1 is 1.24 bits per heavy atom. The van der Waals surface area contributed by atoms with Gasteiger partial charge in [0.05, 0.1) is 17.2 Å². The maximum Gasteiger partial charge on any atom is 0.419 e. The van der Waals surface area contributed by atoms with Crippen molar-refractivity contribution in [3.63, 3.8) is 0 Å². The van der Waals surface area contributed by atoms with E-state index < -0.39 is 29.4 Å². The number of aromatic nitrogens is 2. The molecule has 0 saturated carbocycles. The number of rotatable bonds is 2. The SMILES string of the molecule is CC(C)(C)c1cc(=O)n2c(n1)SCC(C(=O)Nc1ccc(F)c(C(F)(F)F)c1)C2. The van der Waals surface area contributed by atoms with Gasteiger partial charge in [-0.3, -0.25) is 14.2 Å². The highest BCUT2D eigenvalue weighted by molar-refractivity contribution is 7.99. The molecule has 2 aromatic rings. The Morgan fingerprint density at radius 3 is 2.55 bits per heavy atom.